The van der Waals surface area contributed by atoms with E-state index in [1.165, 1.54) is 0 Å². The molecule has 0 aliphatic heterocycles. The molecule has 0 aliphatic rings. The predicted octanol–water partition coefficient (Wildman–Crippen LogP) is 2.18. The minimum absolute atomic E-state index is 0.0657. The van der Waals surface area contributed by atoms with E-state index >= 15 is 0 Å². The van der Waals surface area contributed by atoms with Crippen LogP contribution in [-0.4, -0.2) is 32.1 Å². The molecule has 22 heavy (non-hydrogen) atoms. The molecule has 0 saturated heterocycles. The molecule has 0 radical (unpaired) electrons. The third kappa shape index (κ3) is 3.87. The summed E-state index contributed by atoms with van der Waals surface area (Å²) in [6.45, 7) is 10.7. The van der Waals surface area contributed by atoms with Crippen LogP contribution in [0, 0.1) is 6.92 Å². The summed E-state index contributed by atoms with van der Waals surface area (Å²) < 4.78 is 8.97. The molecule has 7 nitrogen and oxygen atoms in total. The number of carbonyl (C=O) groups is 1. The monoisotopic (exact) mass is 305 g/mol. The van der Waals surface area contributed by atoms with Crippen LogP contribution in [0.3, 0.4) is 0 Å². The molecule has 2 aromatic heterocycles. The lowest BCUT2D eigenvalue weighted by atomic mass is 10.1. The molecule has 7 heteroatoms. The van der Waals surface area contributed by atoms with Gasteiger partial charge in [0, 0.05) is 12.6 Å². The molecule has 0 aliphatic carbocycles. The Balaban J connectivity index is 1.97. The van der Waals surface area contributed by atoms with Gasteiger partial charge in [-0.1, -0.05) is 0 Å². The number of nitrogens with one attached hydrogen (secondary N) is 1. The van der Waals surface area contributed by atoms with Crippen molar-refractivity contribution in [1.29, 1.82) is 0 Å². The Morgan fingerprint density at radius 3 is 2.73 bits per heavy atom. The summed E-state index contributed by atoms with van der Waals surface area (Å²) in [4.78, 5) is 12.0. The van der Waals surface area contributed by atoms with E-state index in [9.17, 15) is 4.79 Å². The van der Waals surface area contributed by atoms with E-state index in [0.29, 0.717) is 11.6 Å². The van der Waals surface area contributed by atoms with Crippen LogP contribution in [0.5, 0.6) is 5.75 Å². The number of carbonyl (C=O) groups excluding carboxylic acids is 1. The molecule has 0 bridgehead atoms. The van der Waals surface area contributed by atoms with Crippen LogP contribution in [-0.2, 0) is 16.9 Å². The summed E-state index contributed by atoms with van der Waals surface area (Å²) in [5, 5.41) is 11.3. The van der Waals surface area contributed by atoms with Gasteiger partial charge in [-0.05, 0) is 34.6 Å². The molecule has 1 amide bonds. The van der Waals surface area contributed by atoms with Crippen molar-refractivity contribution in [3.05, 3.63) is 24.2 Å². The van der Waals surface area contributed by atoms with Crippen molar-refractivity contribution < 1.29 is 9.53 Å². The Bertz CT molecular complexity index is 651. The summed E-state index contributed by atoms with van der Waals surface area (Å²) in [6, 6.07) is 1.85. The fourth-order valence-electron chi connectivity index (χ4n) is 2.02. The van der Waals surface area contributed by atoms with Gasteiger partial charge >= 0.3 is 0 Å². The van der Waals surface area contributed by atoms with Gasteiger partial charge < -0.3 is 10.1 Å². The molecule has 0 unspecified atom stereocenters. The van der Waals surface area contributed by atoms with Gasteiger partial charge in [0.25, 0.3) is 5.91 Å². The Kier molecular flexibility index (Phi) is 4.54. The van der Waals surface area contributed by atoms with E-state index in [0.717, 1.165) is 12.2 Å². The molecule has 0 fully saturated rings. The molecule has 0 atom stereocenters. The molecule has 0 aromatic carbocycles. The highest BCUT2D eigenvalue weighted by Gasteiger charge is 2.20. The van der Waals surface area contributed by atoms with Crippen molar-refractivity contribution >= 4 is 11.7 Å². The maximum atomic E-state index is 12.0. The van der Waals surface area contributed by atoms with Crippen LogP contribution in [0.2, 0.25) is 0 Å². The number of anilines is 1. The summed E-state index contributed by atoms with van der Waals surface area (Å²) in [5.74, 6) is 1.02. The fourth-order valence-corrected chi connectivity index (χ4v) is 2.02. The fraction of sp³-hybridized carbons (Fsp3) is 0.533. The van der Waals surface area contributed by atoms with Crippen LogP contribution < -0.4 is 10.1 Å². The summed E-state index contributed by atoms with van der Waals surface area (Å²) in [6.07, 6.45) is 3.36. The van der Waals surface area contributed by atoms with Crippen LogP contribution in [0.25, 0.3) is 0 Å². The molecule has 0 saturated carbocycles. The topological polar surface area (TPSA) is 74.0 Å². The van der Waals surface area contributed by atoms with Crippen molar-refractivity contribution in [2.24, 2.45) is 0 Å². The van der Waals surface area contributed by atoms with Crippen LogP contribution in [0.15, 0.2) is 18.5 Å². The van der Waals surface area contributed by atoms with Gasteiger partial charge in [0.15, 0.2) is 12.4 Å². The number of hydrogen-bond donors (Lipinski definition) is 1. The standard InChI is InChI=1S/C15H23N5O2/c1-6-19-9-12(8-16-19)22-10-14(21)17-13-7-11(2)18-20(13)15(3,4)5/h7-9H,6,10H2,1-5H3,(H,17,21). The number of ether oxygens (including phenoxy) is 1. The van der Waals surface area contributed by atoms with Gasteiger partial charge in [-0.2, -0.15) is 10.2 Å². The first-order valence-corrected chi connectivity index (χ1v) is 7.32. The first-order valence-electron chi connectivity index (χ1n) is 7.32. The summed E-state index contributed by atoms with van der Waals surface area (Å²) in [5.41, 5.74) is 0.648. The second-order valence-electron chi connectivity index (χ2n) is 6.12. The Labute approximate surface area is 130 Å². The van der Waals surface area contributed by atoms with Gasteiger partial charge in [-0.15, -0.1) is 0 Å². The quantitative estimate of drug-likeness (QED) is 0.919. The van der Waals surface area contributed by atoms with Crippen molar-refractivity contribution in [3.8, 4) is 5.75 Å². The Morgan fingerprint density at radius 2 is 2.14 bits per heavy atom. The second kappa shape index (κ2) is 6.21. The number of rotatable bonds is 5. The van der Waals surface area contributed by atoms with E-state index in [-0.39, 0.29) is 18.1 Å². The van der Waals surface area contributed by atoms with E-state index in [2.05, 4.69) is 15.5 Å². The smallest absolute Gasteiger partial charge is 0.263 e. The highest BCUT2D eigenvalue weighted by atomic mass is 16.5. The average Bonchev–Trinajstić information content (AvgIpc) is 3.02. The van der Waals surface area contributed by atoms with E-state index in [4.69, 9.17) is 4.74 Å². The highest BCUT2D eigenvalue weighted by Crippen LogP contribution is 2.21. The molecular formula is C15H23N5O2. The molecule has 2 aromatic rings. The summed E-state index contributed by atoms with van der Waals surface area (Å²) >= 11 is 0. The first-order chi connectivity index (χ1) is 10.3. The van der Waals surface area contributed by atoms with Gasteiger partial charge in [0.1, 0.15) is 5.82 Å². The molecule has 2 heterocycles. The SMILES string of the molecule is CCn1cc(OCC(=O)Nc2cc(C)nn2C(C)(C)C)cn1. The van der Waals surface area contributed by atoms with Crippen molar-refractivity contribution in [3.63, 3.8) is 0 Å². The van der Waals surface area contributed by atoms with Crippen LogP contribution in [0.1, 0.15) is 33.4 Å². The molecular weight excluding hydrogens is 282 g/mol. The van der Waals surface area contributed by atoms with Gasteiger partial charge in [0.2, 0.25) is 0 Å². The van der Waals surface area contributed by atoms with Crippen molar-refractivity contribution in [2.75, 3.05) is 11.9 Å². The Hall–Kier alpha value is -2.31. The minimum atomic E-state index is -0.227. The number of aryl methyl sites for hydroxylation is 2. The van der Waals surface area contributed by atoms with Crippen molar-refractivity contribution in [2.45, 2.75) is 46.7 Å². The van der Waals surface area contributed by atoms with Crippen molar-refractivity contribution in [1.82, 2.24) is 19.6 Å². The third-order valence-corrected chi connectivity index (χ3v) is 3.04. The number of amides is 1. The third-order valence-electron chi connectivity index (χ3n) is 3.04. The lowest BCUT2D eigenvalue weighted by Gasteiger charge is -2.22. The molecule has 2 rings (SSSR count). The lowest BCUT2D eigenvalue weighted by Crippen LogP contribution is -2.28. The van der Waals surface area contributed by atoms with Crippen LogP contribution >= 0.6 is 0 Å². The number of hydrogen-bond acceptors (Lipinski definition) is 4. The Morgan fingerprint density at radius 1 is 1.41 bits per heavy atom. The normalized spacial score (nSPS) is 11.5. The zero-order valence-corrected chi connectivity index (χ0v) is 13.8. The van der Waals surface area contributed by atoms with E-state index in [1.807, 2.05) is 40.7 Å². The largest absolute Gasteiger partial charge is 0.480 e. The lowest BCUT2D eigenvalue weighted by molar-refractivity contribution is -0.118. The molecule has 1 N–H and O–H groups in total. The van der Waals surface area contributed by atoms with E-state index < -0.39 is 0 Å². The second-order valence-corrected chi connectivity index (χ2v) is 6.12. The maximum Gasteiger partial charge on any atom is 0.263 e. The van der Waals surface area contributed by atoms with E-state index in [1.54, 1.807) is 21.8 Å². The van der Waals surface area contributed by atoms with Gasteiger partial charge in [0.05, 0.1) is 23.6 Å². The highest BCUT2D eigenvalue weighted by molar-refractivity contribution is 5.91. The van der Waals surface area contributed by atoms with Crippen LogP contribution in [0.4, 0.5) is 5.82 Å². The van der Waals surface area contributed by atoms with Gasteiger partial charge in [-0.25, -0.2) is 4.68 Å². The van der Waals surface area contributed by atoms with Gasteiger partial charge in [-0.3, -0.25) is 9.48 Å². The average molecular weight is 305 g/mol. The predicted molar refractivity (Wildman–Crippen MR) is 84.0 cm³/mol. The summed E-state index contributed by atoms with van der Waals surface area (Å²) in [7, 11) is 0. The molecule has 0 spiro atoms. The minimum Gasteiger partial charge on any atom is -0.480 e. The maximum absolute atomic E-state index is 12.0. The zero-order valence-electron chi connectivity index (χ0n) is 13.8. The molecule has 120 valence electrons. The first kappa shape index (κ1) is 16.1. The zero-order chi connectivity index (χ0) is 16.3. The number of nitrogens with zero attached hydrogens (tertiary/aromatic N) is 4. The number of aromatic nitrogens is 4.